The summed E-state index contributed by atoms with van der Waals surface area (Å²) in [5, 5.41) is 16.8. The average molecular weight is 290 g/mol. The number of nitrogens with zero attached hydrogens (tertiary/aromatic N) is 3. The molecular formula is C15H22N4O2. The molecule has 2 N–H and O–H groups in total. The zero-order valence-corrected chi connectivity index (χ0v) is 12.8. The summed E-state index contributed by atoms with van der Waals surface area (Å²) >= 11 is 0. The van der Waals surface area contributed by atoms with Crippen LogP contribution in [0, 0.1) is 13.8 Å². The summed E-state index contributed by atoms with van der Waals surface area (Å²) < 4.78 is 6.96. The highest BCUT2D eigenvalue weighted by atomic mass is 16.5. The molecule has 2 rings (SSSR count). The van der Waals surface area contributed by atoms with Crippen molar-refractivity contribution in [3.63, 3.8) is 0 Å². The van der Waals surface area contributed by atoms with Gasteiger partial charge in [-0.25, -0.2) is 4.98 Å². The minimum absolute atomic E-state index is 0.0998. The van der Waals surface area contributed by atoms with Gasteiger partial charge < -0.3 is 15.2 Å². The summed E-state index contributed by atoms with van der Waals surface area (Å²) in [6.07, 6.45) is 0. The highest BCUT2D eigenvalue weighted by Crippen LogP contribution is 2.13. The summed E-state index contributed by atoms with van der Waals surface area (Å²) in [5.41, 5.74) is 4.19. The molecule has 0 saturated heterocycles. The Morgan fingerprint density at radius 3 is 2.81 bits per heavy atom. The van der Waals surface area contributed by atoms with Crippen LogP contribution >= 0.6 is 0 Å². The lowest BCUT2D eigenvalue weighted by molar-refractivity contribution is 0.267. The van der Waals surface area contributed by atoms with Gasteiger partial charge in [0.25, 0.3) is 0 Å². The Bertz CT molecular complexity index is 595. The molecule has 2 aromatic heterocycles. The standard InChI is InChI=1S/C15H22N4O2/c1-11-14(12(2)19(18-11)7-8-20)10-16-9-13-5-4-6-15(17-13)21-3/h4-6,16,20H,7-10H2,1-3H3. The van der Waals surface area contributed by atoms with Crippen molar-refractivity contribution >= 4 is 0 Å². The van der Waals surface area contributed by atoms with Crippen LogP contribution in [0.25, 0.3) is 0 Å². The number of aryl methyl sites for hydroxylation is 1. The van der Waals surface area contributed by atoms with E-state index >= 15 is 0 Å². The second-order valence-electron chi connectivity index (χ2n) is 4.87. The Hall–Kier alpha value is -1.92. The Morgan fingerprint density at radius 1 is 1.29 bits per heavy atom. The van der Waals surface area contributed by atoms with Gasteiger partial charge in [-0.05, 0) is 19.9 Å². The van der Waals surface area contributed by atoms with Gasteiger partial charge in [0.05, 0.1) is 31.6 Å². The van der Waals surface area contributed by atoms with Gasteiger partial charge in [-0.1, -0.05) is 6.07 Å². The molecule has 0 fully saturated rings. The van der Waals surface area contributed by atoms with E-state index in [0.717, 1.165) is 23.6 Å². The molecule has 0 bridgehead atoms. The monoisotopic (exact) mass is 290 g/mol. The van der Waals surface area contributed by atoms with Crippen molar-refractivity contribution < 1.29 is 9.84 Å². The molecule has 2 aromatic rings. The van der Waals surface area contributed by atoms with Crippen molar-refractivity contribution in [1.29, 1.82) is 0 Å². The van der Waals surface area contributed by atoms with Gasteiger partial charge in [0.15, 0.2) is 0 Å². The van der Waals surface area contributed by atoms with Gasteiger partial charge in [0.2, 0.25) is 5.88 Å². The van der Waals surface area contributed by atoms with Gasteiger partial charge in [0.1, 0.15) is 0 Å². The number of hydrogen-bond acceptors (Lipinski definition) is 5. The lowest BCUT2D eigenvalue weighted by Gasteiger charge is -2.07. The van der Waals surface area contributed by atoms with Gasteiger partial charge in [-0.15, -0.1) is 0 Å². The summed E-state index contributed by atoms with van der Waals surface area (Å²) in [4.78, 5) is 4.36. The molecule has 0 spiro atoms. The first-order valence-corrected chi connectivity index (χ1v) is 7.00. The number of aliphatic hydroxyl groups is 1. The SMILES string of the molecule is COc1cccc(CNCc2c(C)nn(CCO)c2C)n1. The average Bonchev–Trinajstić information content (AvgIpc) is 2.75. The molecule has 0 aliphatic heterocycles. The normalized spacial score (nSPS) is 10.9. The number of ether oxygens (including phenoxy) is 1. The van der Waals surface area contributed by atoms with Crippen molar-refractivity contribution in [1.82, 2.24) is 20.1 Å². The Balaban J connectivity index is 1.97. The van der Waals surface area contributed by atoms with Crippen LogP contribution in [-0.4, -0.2) is 33.6 Å². The number of rotatable bonds is 7. The molecular weight excluding hydrogens is 268 g/mol. The van der Waals surface area contributed by atoms with E-state index < -0.39 is 0 Å². The maximum atomic E-state index is 9.02. The van der Waals surface area contributed by atoms with Crippen LogP contribution in [0.1, 0.15) is 22.6 Å². The highest BCUT2D eigenvalue weighted by Gasteiger charge is 2.10. The van der Waals surface area contributed by atoms with Crippen LogP contribution in [0.5, 0.6) is 5.88 Å². The van der Waals surface area contributed by atoms with E-state index in [-0.39, 0.29) is 6.61 Å². The van der Waals surface area contributed by atoms with Crippen molar-refractivity contribution in [3.05, 3.63) is 40.8 Å². The van der Waals surface area contributed by atoms with Crippen LogP contribution in [0.4, 0.5) is 0 Å². The third-order valence-corrected chi connectivity index (χ3v) is 3.44. The first-order chi connectivity index (χ1) is 10.2. The quantitative estimate of drug-likeness (QED) is 0.801. The molecule has 6 nitrogen and oxygen atoms in total. The fraction of sp³-hybridized carbons (Fsp3) is 0.467. The van der Waals surface area contributed by atoms with Crippen molar-refractivity contribution in [3.8, 4) is 5.88 Å². The van der Waals surface area contributed by atoms with E-state index in [1.165, 1.54) is 5.56 Å². The zero-order valence-electron chi connectivity index (χ0n) is 12.8. The molecule has 0 atom stereocenters. The molecule has 0 saturated carbocycles. The molecule has 2 heterocycles. The predicted molar refractivity (Wildman–Crippen MR) is 80.1 cm³/mol. The molecule has 6 heteroatoms. The van der Waals surface area contributed by atoms with E-state index in [1.807, 2.05) is 36.7 Å². The van der Waals surface area contributed by atoms with Gasteiger partial charge in [-0.3, -0.25) is 4.68 Å². The molecule has 0 aliphatic carbocycles. The first kappa shape index (κ1) is 15.5. The number of nitrogens with one attached hydrogen (secondary N) is 1. The second kappa shape index (κ2) is 7.19. The zero-order chi connectivity index (χ0) is 15.2. The summed E-state index contributed by atoms with van der Waals surface area (Å²) in [6.45, 7) is 6.04. The molecule has 0 aromatic carbocycles. The Labute approximate surface area is 124 Å². The first-order valence-electron chi connectivity index (χ1n) is 7.00. The van der Waals surface area contributed by atoms with E-state index in [9.17, 15) is 0 Å². The fourth-order valence-corrected chi connectivity index (χ4v) is 2.29. The maximum absolute atomic E-state index is 9.02. The summed E-state index contributed by atoms with van der Waals surface area (Å²) in [6, 6.07) is 5.72. The predicted octanol–water partition coefficient (Wildman–Crippen LogP) is 1.19. The summed E-state index contributed by atoms with van der Waals surface area (Å²) in [7, 11) is 1.61. The third-order valence-electron chi connectivity index (χ3n) is 3.44. The Kier molecular flexibility index (Phi) is 5.30. The number of hydrogen-bond donors (Lipinski definition) is 2. The highest BCUT2D eigenvalue weighted by molar-refractivity contribution is 5.24. The summed E-state index contributed by atoms with van der Waals surface area (Å²) in [5.74, 6) is 0.623. The van der Waals surface area contributed by atoms with Gasteiger partial charge in [-0.2, -0.15) is 5.10 Å². The fourth-order valence-electron chi connectivity index (χ4n) is 2.29. The Morgan fingerprint density at radius 2 is 2.10 bits per heavy atom. The van der Waals surface area contributed by atoms with Crippen molar-refractivity contribution in [2.75, 3.05) is 13.7 Å². The van der Waals surface area contributed by atoms with Crippen molar-refractivity contribution in [2.45, 2.75) is 33.5 Å². The van der Waals surface area contributed by atoms with Crippen LogP contribution in [-0.2, 0) is 19.6 Å². The molecule has 0 unspecified atom stereocenters. The van der Waals surface area contributed by atoms with Crippen molar-refractivity contribution in [2.24, 2.45) is 0 Å². The maximum Gasteiger partial charge on any atom is 0.213 e. The molecule has 0 aliphatic rings. The third kappa shape index (κ3) is 3.80. The van der Waals surface area contributed by atoms with E-state index in [4.69, 9.17) is 9.84 Å². The van der Waals surface area contributed by atoms with E-state index in [1.54, 1.807) is 7.11 Å². The minimum Gasteiger partial charge on any atom is -0.481 e. The van der Waals surface area contributed by atoms with Gasteiger partial charge in [0, 0.05) is 30.4 Å². The lowest BCUT2D eigenvalue weighted by atomic mass is 10.2. The minimum atomic E-state index is 0.0998. The number of methoxy groups -OCH3 is 1. The van der Waals surface area contributed by atoms with Crippen LogP contribution in [0.15, 0.2) is 18.2 Å². The lowest BCUT2D eigenvalue weighted by Crippen LogP contribution is -2.15. The molecule has 114 valence electrons. The smallest absolute Gasteiger partial charge is 0.213 e. The largest absolute Gasteiger partial charge is 0.481 e. The molecule has 0 radical (unpaired) electrons. The van der Waals surface area contributed by atoms with Crippen LogP contribution in [0.3, 0.4) is 0 Å². The second-order valence-corrected chi connectivity index (χ2v) is 4.87. The number of aliphatic hydroxyl groups excluding tert-OH is 1. The number of pyridine rings is 1. The molecule has 21 heavy (non-hydrogen) atoms. The van der Waals surface area contributed by atoms with Crippen LogP contribution < -0.4 is 10.1 Å². The van der Waals surface area contributed by atoms with Gasteiger partial charge >= 0.3 is 0 Å². The topological polar surface area (TPSA) is 72.2 Å². The van der Waals surface area contributed by atoms with E-state index in [2.05, 4.69) is 15.4 Å². The van der Waals surface area contributed by atoms with E-state index in [0.29, 0.717) is 19.0 Å². The molecule has 0 amide bonds. The number of aromatic nitrogens is 3. The van der Waals surface area contributed by atoms with Crippen LogP contribution in [0.2, 0.25) is 0 Å².